The Morgan fingerprint density at radius 3 is 1.48 bits per heavy atom. The van der Waals surface area contributed by atoms with Crippen molar-refractivity contribution in [1.29, 1.82) is 0 Å². The number of hydrogen-bond acceptors (Lipinski definition) is 5. The van der Waals surface area contributed by atoms with Gasteiger partial charge in [0, 0.05) is 79.9 Å². The highest BCUT2D eigenvalue weighted by atomic mass is 32.1. The highest BCUT2D eigenvalue weighted by molar-refractivity contribution is 7.26. The molecule has 0 saturated heterocycles. The maximum absolute atomic E-state index is 2.51. The van der Waals surface area contributed by atoms with Crippen LogP contribution in [0, 0.1) is 0 Å². The van der Waals surface area contributed by atoms with E-state index in [0.29, 0.717) is 0 Å². The van der Waals surface area contributed by atoms with Crippen LogP contribution in [0.1, 0.15) is 0 Å². The summed E-state index contributed by atoms with van der Waals surface area (Å²) in [6, 6.07) is 105. The third kappa shape index (κ3) is 7.78. The molecule has 0 aliphatic rings. The summed E-state index contributed by atoms with van der Waals surface area (Å²) in [6.07, 6.45) is 0. The molecule has 0 fully saturated rings. The minimum Gasteiger partial charge on any atom is -0.310 e. The lowest BCUT2D eigenvalue weighted by Crippen LogP contribution is -2.14. The molecule has 0 unspecified atom stereocenters. The minimum atomic E-state index is 1.07. The number of anilines is 9. The van der Waals surface area contributed by atoms with E-state index in [2.05, 4.69) is 300 Å². The Hall–Kier alpha value is -9.52. The molecule has 0 aliphatic heterocycles. The van der Waals surface area contributed by atoms with Crippen LogP contribution in [-0.4, -0.2) is 0 Å². The summed E-state index contributed by atoms with van der Waals surface area (Å²) in [4.78, 5) is 7.44. The standard InChI is InChI=1S/C72H47N3S2/c1-4-19-48(20-5-1)50-35-38-55(39-36-50)73(53-24-6-2-7-25-53)66-46-58(75(56-40-37-49-21-10-11-22-51(49)43-56)64-32-18-34-69-71(64)62-31-16-17-33-67(62)76-69)47-70-72(66)63-45-57(41-42-68(63)77-70)74(54-26-8-3-9-27-54)65-44-52-23-12-13-28-59(52)60-29-14-15-30-61(60)65/h1-47H. The lowest BCUT2D eigenvalue weighted by Gasteiger charge is -2.31. The third-order valence-electron chi connectivity index (χ3n) is 15.1. The van der Waals surface area contributed by atoms with Gasteiger partial charge in [-0.15, -0.1) is 22.7 Å². The van der Waals surface area contributed by atoms with Gasteiger partial charge in [-0.2, -0.15) is 0 Å². The lowest BCUT2D eigenvalue weighted by atomic mass is 9.98. The van der Waals surface area contributed by atoms with E-state index in [4.69, 9.17) is 0 Å². The van der Waals surface area contributed by atoms with Crippen molar-refractivity contribution < 1.29 is 0 Å². The summed E-state index contributed by atoms with van der Waals surface area (Å²) >= 11 is 3.72. The van der Waals surface area contributed by atoms with Gasteiger partial charge in [0.05, 0.1) is 17.1 Å². The molecular formula is C72H47N3S2. The normalized spacial score (nSPS) is 11.6. The van der Waals surface area contributed by atoms with E-state index < -0.39 is 0 Å². The monoisotopic (exact) mass is 1020 g/mol. The molecule has 0 N–H and O–H groups in total. The highest BCUT2D eigenvalue weighted by Gasteiger charge is 2.26. The molecule has 3 nitrogen and oxygen atoms in total. The maximum Gasteiger partial charge on any atom is 0.0575 e. The second kappa shape index (κ2) is 18.7. The van der Waals surface area contributed by atoms with Crippen LogP contribution in [0.15, 0.2) is 285 Å². The van der Waals surface area contributed by atoms with E-state index in [1.54, 1.807) is 0 Å². The summed E-state index contributed by atoms with van der Waals surface area (Å²) in [7, 11) is 0. The Kier molecular flexibility index (Phi) is 10.9. The summed E-state index contributed by atoms with van der Waals surface area (Å²) in [6.45, 7) is 0. The van der Waals surface area contributed by atoms with Crippen LogP contribution in [-0.2, 0) is 0 Å². The van der Waals surface area contributed by atoms with Crippen LogP contribution in [0.25, 0.3) is 83.8 Å². The summed E-state index contributed by atoms with van der Waals surface area (Å²) in [5, 5.41) is 12.2. The fourth-order valence-corrected chi connectivity index (χ4v) is 13.9. The molecule has 0 spiro atoms. The highest BCUT2D eigenvalue weighted by Crippen LogP contribution is 2.53. The Morgan fingerprint density at radius 2 is 0.714 bits per heavy atom. The van der Waals surface area contributed by atoms with Gasteiger partial charge in [0.2, 0.25) is 0 Å². The molecule has 362 valence electrons. The fraction of sp³-hybridized carbons (Fsp3) is 0. The van der Waals surface area contributed by atoms with E-state index in [9.17, 15) is 0 Å². The zero-order valence-electron chi connectivity index (χ0n) is 41.8. The van der Waals surface area contributed by atoms with Crippen molar-refractivity contribution in [2.45, 2.75) is 0 Å². The van der Waals surface area contributed by atoms with Crippen molar-refractivity contribution in [1.82, 2.24) is 0 Å². The fourth-order valence-electron chi connectivity index (χ4n) is 11.7. The van der Waals surface area contributed by atoms with E-state index >= 15 is 0 Å². The average molecular weight is 1020 g/mol. The van der Waals surface area contributed by atoms with Crippen molar-refractivity contribution >= 4 is 147 Å². The Labute approximate surface area is 454 Å². The number of thiophene rings is 2. The Bertz CT molecular complexity index is 4700. The summed E-state index contributed by atoms with van der Waals surface area (Å²) < 4.78 is 4.95. The van der Waals surface area contributed by atoms with Gasteiger partial charge in [0.15, 0.2) is 0 Å². The minimum absolute atomic E-state index is 1.07. The molecule has 15 rings (SSSR count). The first-order valence-electron chi connectivity index (χ1n) is 26.1. The van der Waals surface area contributed by atoms with Crippen LogP contribution in [0.2, 0.25) is 0 Å². The molecule has 13 aromatic carbocycles. The number of rotatable bonds is 10. The van der Waals surface area contributed by atoms with Gasteiger partial charge in [0.1, 0.15) is 0 Å². The second-order valence-corrected chi connectivity index (χ2v) is 21.8. The smallest absolute Gasteiger partial charge is 0.0575 e. The van der Waals surface area contributed by atoms with Crippen LogP contribution < -0.4 is 14.7 Å². The van der Waals surface area contributed by atoms with Crippen molar-refractivity contribution in [3.63, 3.8) is 0 Å². The molecule has 15 aromatic rings. The Balaban J connectivity index is 1.03. The van der Waals surface area contributed by atoms with Gasteiger partial charge >= 0.3 is 0 Å². The molecule has 0 radical (unpaired) electrons. The first-order chi connectivity index (χ1) is 38.2. The van der Waals surface area contributed by atoms with Gasteiger partial charge in [-0.1, -0.05) is 182 Å². The van der Waals surface area contributed by atoms with Crippen LogP contribution in [0.5, 0.6) is 0 Å². The zero-order valence-corrected chi connectivity index (χ0v) is 43.4. The van der Waals surface area contributed by atoms with Crippen molar-refractivity contribution in [2.75, 3.05) is 14.7 Å². The van der Waals surface area contributed by atoms with Crippen molar-refractivity contribution in [3.05, 3.63) is 285 Å². The molecule has 2 heterocycles. The molecule has 0 saturated carbocycles. The molecule has 0 atom stereocenters. The quantitative estimate of drug-likeness (QED) is 0.126. The first-order valence-corrected chi connectivity index (χ1v) is 27.8. The lowest BCUT2D eigenvalue weighted by molar-refractivity contribution is 1.27. The predicted octanol–water partition coefficient (Wildman–Crippen LogP) is 22.0. The van der Waals surface area contributed by atoms with Gasteiger partial charge in [-0.3, -0.25) is 0 Å². The van der Waals surface area contributed by atoms with Crippen molar-refractivity contribution in [3.8, 4) is 11.1 Å². The molecule has 2 aromatic heterocycles. The number of nitrogens with zero attached hydrogens (tertiary/aromatic N) is 3. The number of fused-ring (bicyclic) bond motifs is 10. The van der Waals surface area contributed by atoms with Gasteiger partial charge in [-0.25, -0.2) is 0 Å². The first kappa shape index (κ1) is 44.9. The van der Waals surface area contributed by atoms with E-state index in [1.165, 1.54) is 83.8 Å². The van der Waals surface area contributed by atoms with E-state index in [-0.39, 0.29) is 0 Å². The molecule has 0 aliphatic carbocycles. The van der Waals surface area contributed by atoms with Crippen LogP contribution >= 0.6 is 22.7 Å². The zero-order chi connectivity index (χ0) is 50.8. The largest absolute Gasteiger partial charge is 0.310 e. The van der Waals surface area contributed by atoms with Crippen LogP contribution in [0.4, 0.5) is 51.2 Å². The second-order valence-electron chi connectivity index (χ2n) is 19.7. The number of hydrogen-bond donors (Lipinski definition) is 0. The van der Waals surface area contributed by atoms with E-state index in [0.717, 1.165) is 51.2 Å². The molecular weight excluding hydrogens is 971 g/mol. The topological polar surface area (TPSA) is 9.72 Å². The third-order valence-corrected chi connectivity index (χ3v) is 17.4. The number of para-hydroxylation sites is 2. The SMILES string of the molecule is c1ccc(-c2ccc(N(c3ccccc3)c3cc(N(c4ccc5ccccc5c4)c4cccc5sc6ccccc6c45)cc4sc5ccc(N(c6ccccc6)c6cc7ccccc7c7ccccc67)cc5c34)cc2)cc1. The maximum atomic E-state index is 2.51. The predicted molar refractivity (Wildman–Crippen MR) is 334 cm³/mol. The van der Waals surface area contributed by atoms with E-state index in [1.807, 2.05) is 22.7 Å². The average Bonchev–Trinajstić information content (AvgIpc) is 4.30. The molecule has 0 bridgehead atoms. The van der Waals surface area contributed by atoms with Crippen LogP contribution in [0.3, 0.4) is 0 Å². The van der Waals surface area contributed by atoms with Gasteiger partial charge in [0.25, 0.3) is 0 Å². The van der Waals surface area contributed by atoms with Crippen molar-refractivity contribution in [2.24, 2.45) is 0 Å². The molecule has 0 amide bonds. The molecule has 5 heteroatoms. The molecule has 77 heavy (non-hydrogen) atoms. The Morgan fingerprint density at radius 1 is 0.208 bits per heavy atom. The summed E-state index contributed by atoms with van der Waals surface area (Å²) in [5.41, 5.74) is 12.2. The van der Waals surface area contributed by atoms with Gasteiger partial charge < -0.3 is 14.7 Å². The van der Waals surface area contributed by atoms with Gasteiger partial charge in [-0.05, 0) is 141 Å². The summed E-state index contributed by atoms with van der Waals surface area (Å²) in [5.74, 6) is 0. The number of benzene rings is 13.